The maximum atomic E-state index is 9.77. The van der Waals surface area contributed by atoms with Gasteiger partial charge in [-0.15, -0.1) is 6.58 Å². The summed E-state index contributed by atoms with van der Waals surface area (Å²) in [5, 5.41) is 9.77. The van der Waals surface area contributed by atoms with E-state index in [1.807, 2.05) is 0 Å². The van der Waals surface area contributed by atoms with Gasteiger partial charge in [0.1, 0.15) is 0 Å². The van der Waals surface area contributed by atoms with E-state index in [9.17, 15) is 5.11 Å². The van der Waals surface area contributed by atoms with Gasteiger partial charge in [-0.1, -0.05) is 33.3 Å². The zero-order valence-corrected chi connectivity index (χ0v) is 11.6. The lowest BCUT2D eigenvalue weighted by Crippen LogP contribution is -2.39. The third-order valence-corrected chi connectivity index (χ3v) is 4.96. The zero-order chi connectivity index (χ0) is 12.6. The van der Waals surface area contributed by atoms with Gasteiger partial charge in [-0.05, 0) is 48.9 Å². The Morgan fingerprint density at radius 2 is 2.00 bits per heavy atom. The van der Waals surface area contributed by atoms with Crippen molar-refractivity contribution >= 4 is 0 Å². The minimum absolute atomic E-state index is 0.0140. The van der Waals surface area contributed by atoms with Gasteiger partial charge in [-0.25, -0.2) is 0 Å². The second-order valence-electron chi connectivity index (χ2n) is 6.80. The molecule has 1 heteroatoms. The van der Waals surface area contributed by atoms with Gasteiger partial charge in [0.15, 0.2) is 0 Å². The van der Waals surface area contributed by atoms with Crippen molar-refractivity contribution in [3.05, 3.63) is 12.2 Å². The first kappa shape index (κ1) is 13.8. The first-order valence-corrected chi connectivity index (χ1v) is 6.49. The van der Waals surface area contributed by atoms with Crippen LogP contribution >= 0.6 is 0 Å². The van der Waals surface area contributed by atoms with Crippen molar-refractivity contribution in [1.29, 1.82) is 0 Å². The van der Waals surface area contributed by atoms with Crippen molar-refractivity contribution in [2.75, 3.05) is 6.61 Å². The van der Waals surface area contributed by atoms with Crippen LogP contribution in [0.3, 0.4) is 0 Å². The first-order chi connectivity index (χ1) is 7.24. The monoisotopic (exact) mass is 224 g/mol. The van der Waals surface area contributed by atoms with Crippen LogP contribution in [0, 0.1) is 22.7 Å². The van der Waals surface area contributed by atoms with Gasteiger partial charge >= 0.3 is 0 Å². The molecule has 1 N–H and O–H groups in total. The Kier molecular flexibility index (Phi) is 3.89. The number of allylic oxidation sites excluding steroid dienone is 1. The molecule has 1 fully saturated rings. The number of hydrogen-bond donors (Lipinski definition) is 1. The van der Waals surface area contributed by atoms with Crippen LogP contribution in [-0.2, 0) is 0 Å². The molecule has 1 nitrogen and oxygen atoms in total. The van der Waals surface area contributed by atoms with Crippen molar-refractivity contribution in [3.63, 3.8) is 0 Å². The summed E-state index contributed by atoms with van der Waals surface area (Å²) in [5.41, 5.74) is 1.54. The van der Waals surface area contributed by atoms with Crippen molar-refractivity contribution in [2.45, 2.75) is 53.9 Å². The van der Waals surface area contributed by atoms with Crippen LogP contribution in [0.2, 0.25) is 0 Å². The molecule has 94 valence electrons. The molecule has 0 amide bonds. The predicted octanol–water partition coefficient (Wildman–Crippen LogP) is 4.02. The summed E-state index contributed by atoms with van der Waals surface area (Å²) < 4.78 is 0. The van der Waals surface area contributed by atoms with Crippen molar-refractivity contribution < 1.29 is 5.11 Å². The second-order valence-corrected chi connectivity index (χ2v) is 6.80. The van der Waals surface area contributed by atoms with E-state index in [2.05, 4.69) is 41.2 Å². The highest BCUT2D eigenvalue weighted by molar-refractivity contribution is 5.04. The predicted molar refractivity (Wildman–Crippen MR) is 70.3 cm³/mol. The molecule has 0 aromatic heterocycles. The molecule has 3 atom stereocenters. The highest BCUT2D eigenvalue weighted by Gasteiger charge is 2.49. The lowest BCUT2D eigenvalue weighted by atomic mass is 9.62. The van der Waals surface area contributed by atoms with Crippen LogP contribution in [0.5, 0.6) is 0 Å². The number of hydrogen-bond acceptors (Lipinski definition) is 1. The van der Waals surface area contributed by atoms with Gasteiger partial charge in [0.25, 0.3) is 0 Å². The smallest absolute Gasteiger partial charge is 0.0490 e. The molecule has 3 unspecified atom stereocenters. The molecule has 1 rings (SSSR count). The van der Waals surface area contributed by atoms with E-state index >= 15 is 0 Å². The average molecular weight is 224 g/mol. The van der Waals surface area contributed by atoms with E-state index in [-0.39, 0.29) is 12.0 Å². The molecule has 0 aromatic carbocycles. The van der Waals surface area contributed by atoms with Crippen molar-refractivity contribution in [1.82, 2.24) is 0 Å². The van der Waals surface area contributed by atoms with Crippen LogP contribution < -0.4 is 0 Å². The molecule has 0 saturated heterocycles. The SMILES string of the molecule is C=C(C)CC(C)(CO)C1CCC(C)C1(C)C. The van der Waals surface area contributed by atoms with Crippen LogP contribution in [0.15, 0.2) is 12.2 Å². The molecule has 0 spiro atoms. The van der Waals surface area contributed by atoms with E-state index in [1.165, 1.54) is 18.4 Å². The molecule has 0 bridgehead atoms. The summed E-state index contributed by atoms with van der Waals surface area (Å²) >= 11 is 0. The van der Waals surface area contributed by atoms with E-state index in [1.54, 1.807) is 0 Å². The largest absolute Gasteiger partial charge is 0.396 e. The highest BCUT2D eigenvalue weighted by atomic mass is 16.3. The van der Waals surface area contributed by atoms with E-state index in [0.29, 0.717) is 11.3 Å². The van der Waals surface area contributed by atoms with Crippen molar-refractivity contribution in [3.8, 4) is 0 Å². The molecule has 0 aliphatic heterocycles. The van der Waals surface area contributed by atoms with Gasteiger partial charge in [0, 0.05) is 6.61 Å². The van der Waals surface area contributed by atoms with Gasteiger partial charge in [-0.2, -0.15) is 0 Å². The lowest BCUT2D eigenvalue weighted by molar-refractivity contribution is 0.0145. The van der Waals surface area contributed by atoms with Gasteiger partial charge in [0.05, 0.1) is 0 Å². The Balaban J connectivity index is 2.93. The summed E-state index contributed by atoms with van der Waals surface area (Å²) in [6, 6.07) is 0. The molecular weight excluding hydrogens is 196 g/mol. The Labute approximate surface area is 101 Å². The Morgan fingerprint density at radius 3 is 2.31 bits per heavy atom. The Bertz CT molecular complexity index is 267. The molecular formula is C15H28O. The minimum atomic E-state index is 0.0140. The summed E-state index contributed by atoms with van der Waals surface area (Å²) in [5.74, 6) is 1.37. The summed E-state index contributed by atoms with van der Waals surface area (Å²) in [6.07, 6.45) is 3.49. The van der Waals surface area contributed by atoms with Crippen LogP contribution in [0.25, 0.3) is 0 Å². The van der Waals surface area contributed by atoms with Crippen LogP contribution in [-0.4, -0.2) is 11.7 Å². The van der Waals surface area contributed by atoms with Crippen LogP contribution in [0.1, 0.15) is 53.9 Å². The number of aliphatic hydroxyl groups is 1. The summed E-state index contributed by atoms with van der Waals surface area (Å²) in [4.78, 5) is 0. The molecule has 0 aromatic rings. The quantitative estimate of drug-likeness (QED) is 0.715. The average Bonchev–Trinajstić information content (AvgIpc) is 2.41. The minimum Gasteiger partial charge on any atom is -0.396 e. The van der Waals surface area contributed by atoms with Crippen molar-refractivity contribution in [2.24, 2.45) is 22.7 Å². The fourth-order valence-electron chi connectivity index (χ4n) is 3.73. The van der Waals surface area contributed by atoms with Gasteiger partial charge in [-0.3, -0.25) is 0 Å². The molecule has 1 aliphatic carbocycles. The lowest BCUT2D eigenvalue weighted by Gasteiger charge is -2.43. The molecule has 0 heterocycles. The maximum absolute atomic E-state index is 9.77. The molecule has 1 aliphatic rings. The third-order valence-electron chi connectivity index (χ3n) is 4.96. The van der Waals surface area contributed by atoms with E-state index in [4.69, 9.17) is 0 Å². The summed E-state index contributed by atoms with van der Waals surface area (Å²) in [6.45, 7) is 15.7. The standard InChI is InChI=1S/C15H28O/c1-11(2)9-15(6,10-16)13-8-7-12(3)14(13,4)5/h12-13,16H,1,7-10H2,2-6H3. The fourth-order valence-corrected chi connectivity index (χ4v) is 3.73. The Morgan fingerprint density at radius 1 is 1.44 bits per heavy atom. The van der Waals surface area contributed by atoms with Gasteiger partial charge in [0.2, 0.25) is 0 Å². The Hall–Kier alpha value is -0.300. The van der Waals surface area contributed by atoms with Gasteiger partial charge < -0.3 is 5.11 Å². The van der Waals surface area contributed by atoms with Crippen LogP contribution in [0.4, 0.5) is 0 Å². The normalized spacial score (nSPS) is 32.4. The third kappa shape index (κ3) is 2.34. The first-order valence-electron chi connectivity index (χ1n) is 6.49. The molecule has 1 saturated carbocycles. The fraction of sp³-hybridized carbons (Fsp3) is 0.867. The van der Waals surface area contributed by atoms with E-state index < -0.39 is 0 Å². The maximum Gasteiger partial charge on any atom is 0.0490 e. The highest BCUT2D eigenvalue weighted by Crippen LogP contribution is 2.55. The number of aliphatic hydroxyl groups excluding tert-OH is 1. The summed E-state index contributed by atoms with van der Waals surface area (Å²) in [7, 11) is 0. The zero-order valence-electron chi connectivity index (χ0n) is 11.6. The molecule has 16 heavy (non-hydrogen) atoms. The number of rotatable bonds is 4. The second kappa shape index (κ2) is 4.52. The van der Waals surface area contributed by atoms with E-state index in [0.717, 1.165) is 12.3 Å². The topological polar surface area (TPSA) is 20.2 Å². The molecule has 0 radical (unpaired) electrons.